The largest absolute Gasteiger partial charge is 0.341 e. The Bertz CT molecular complexity index is 671. The van der Waals surface area contributed by atoms with Gasteiger partial charge in [-0.2, -0.15) is 0 Å². The van der Waals surface area contributed by atoms with E-state index in [0.717, 1.165) is 12.1 Å². The summed E-state index contributed by atoms with van der Waals surface area (Å²) < 4.78 is 40.2. The molecule has 0 atom stereocenters. The molecule has 0 aliphatic carbocycles. The molecule has 0 unspecified atom stereocenters. The first-order chi connectivity index (χ1) is 11.6. The minimum absolute atomic E-state index is 0.0146. The van der Waals surface area contributed by atoms with Gasteiger partial charge in [-0.05, 0) is 24.0 Å². The molecule has 1 aliphatic heterocycles. The number of amides is 2. The lowest BCUT2D eigenvalue weighted by atomic mass is 9.91. The van der Waals surface area contributed by atoms with Crippen LogP contribution >= 0.6 is 0 Å². The molecule has 2 rings (SSSR count). The van der Waals surface area contributed by atoms with Gasteiger partial charge in [-0.1, -0.05) is 20.8 Å². The summed E-state index contributed by atoms with van der Waals surface area (Å²) in [5, 5.41) is 0. The van der Waals surface area contributed by atoms with Gasteiger partial charge in [0.2, 0.25) is 5.91 Å². The molecule has 25 heavy (non-hydrogen) atoms. The van der Waals surface area contributed by atoms with Gasteiger partial charge in [-0.3, -0.25) is 9.59 Å². The van der Waals surface area contributed by atoms with Crippen molar-refractivity contribution >= 4 is 11.8 Å². The second-order valence-electron chi connectivity index (χ2n) is 7.49. The Kier molecular flexibility index (Phi) is 5.75. The summed E-state index contributed by atoms with van der Waals surface area (Å²) in [6.07, 6.45) is 0.950. The molecule has 1 fully saturated rings. The van der Waals surface area contributed by atoms with Crippen LogP contribution in [0.3, 0.4) is 0 Å². The number of hydrogen-bond acceptors (Lipinski definition) is 2. The standard InChI is InChI=1S/C18H23F3N2O2/c1-18(2,3)11-14(24)22-7-4-8-23(10-9-22)17(25)12-5-6-13(19)16(21)15(12)20/h5-6H,4,7-11H2,1-3H3. The van der Waals surface area contributed by atoms with Gasteiger partial charge >= 0.3 is 0 Å². The van der Waals surface area contributed by atoms with Crippen LogP contribution in [0.2, 0.25) is 0 Å². The first kappa shape index (κ1) is 19.3. The average molecular weight is 356 g/mol. The minimum Gasteiger partial charge on any atom is -0.341 e. The average Bonchev–Trinajstić information content (AvgIpc) is 2.76. The van der Waals surface area contributed by atoms with E-state index in [-0.39, 0.29) is 17.9 Å². The Morgan fingerprint density at radius 2 is 1.56 bits per heavy atom. The Hall–Kier alpha value is -2.05. The molecule has 0 N–H and O–H groups in total. The molecular weight excluding hydrogens is 333 g/mol. The van der Waals surface area contributed by atoms with Crippen LogP contribution in [-0.4, -0.2) is 47.8 Å². The molecule has 0 spiro atoms. The molecule has 1 saturated heterocycles. The third kappa shape index (κ3) is 4.74. The maximum absolute atomic E-state index is 13.8. The summed E-state index contributed by atoms with van der Waals surface area (Å²) in [6.45, 7) is 7.34. The van der Waals surface area contributed by atoms with Crippen molar-refractivity contribution in [1.29, 1.82) is 0 Å². The maximum atomic E-state index is 13.8. The molecule has 0 radical (unpaired) electrons. The molecule has 1 heterocycles. The fourth-order valence-electron chi connectivity index (χ4n) is 2.80. The zero-order valence-electron chi connectivity index (χ0n) is 14.7. The van der Waals surface area contributed by atoms with Gasteiger partial charge in [0.1, 0.15) is 0 Å². The lowest BCUT2D eigenvalue weighted by Gasteiger charge is -2.25. The van der Waals surface area contributed by atoms with E-state index in [1.165, 1.54) is 4.90 Å². The van der Waals surface area contributed by atoms with E-state index in [4.69, 9.17) is 0 Å². The second kappa shape index (κ2) is 7.45. The molecule has 0 aromatic heterocycles. The molecule has 1 aromatic rings. The van der Waals surface area contributed by atoms with Crippen molar-refractivity contribution in [3.63, 3.8) is 0 Å². The molecule has 4 nitrogen and oxygen atoms in total. The fraction of sp³-hybridized carbons (Fsp3) is 0.556. The summed E-state index contributed by atoms with van der Waals surface area (Å²) in [4.78, 5) is 27.8. The lowest BCUT2D eigenvalue weighted by molar-refractivity contribution is -0.132. The van der Waals surface area contributed by atoms with E-state index in [1.54, 1.807) is 4.90 Å². The van der Waals surface area contributed by atoms with Crippen molar-refractivity contribution in [2.24, 2.45) is 5.41 Å². The molecule has 7 heteroatoms. The number of carbonyl (C=O) groups is 2. The molecule has 1 aromatic carbocycles. The van der Waals surface area contributed by atoms with Crippen molar-refractivity contribution in [2.75, 3.05) is 26.2 Å². The zero-order chi connectivity index (χ0) is 18.8. The van der Waals surface area contributed by atoms with Crippen LogP contribution in [0.25, 0.3) is 0 Å². The number of nitrogens with zero attached hydrogens (tertiary/aromatic N) is 2. The highest BCUT2D eigenvalue weighted by Crippen LogP contribution is 2.21. The van der Waals surface area contributed by atoms with E-state index in [0.29, 0.717) is 32.5 Å². The van der Waals surface area contributed by atoms with Crippen LogP contribution < -0.4 is 0 Å². The van der Waals surface area contributed by atoms with E-state index >= 15 is 0 Å². The van der Waals surface area contributed by atoms with Crippen LogP contribution in [0, 0.1) is 22.9 Å². The van der Waals surface area contributed by atoms with Crippen LogP contribution in [0.1, 0.15) is 44.0 Å². The van der Waals surface area contributed by atoms with E-state index in [1.807, 2.05) is 20.8 Å². The van der Waals surface area contributed by atoms with Gasteiger partial charge in [0.25, 0.3) is 5.91 Å². The van der Waals surface area contributed by atoms with E-state index in [2.05, 4.69) is 0 Å². The Morgan fingerprint density at radius 1 is 0.960 bits per heavy atom. The SMILES string of the molecule is CC(C)(C)CC(=O)N1CCCN(C(=O)c2ccc(F)c(F)c2F)CC1. The number of hydrogen-bond donors (Lipinski definition) is 0. The Morgan fingerprint density at radius 3 is 2.20 bits per heavy atom. The number of rotatable bonds is 2. The smallest absolute Gasteiger partial charge is 0.257 e. The third-order valence-corrected chi connectivity index (χ3v) is 4.08. The molecule has 0 bridgehead atoms. The van der Waals surface area contributed by atoms with Gasteiger partial charge in [0.15, 0.2) is 17.5 Å². The van der Waals surface area contributed by atoms with Crippen LogP contribution in [0.5, 0.6) is 0 Å². The predicted molar refractivity (Wildman–Crippen MR) is 87.5 cm³/mol. The topological polar surface area (TPSA) is 40.6 Å². The number of carbonyl (C=O) groups excluding carboxylic acids is 2. The van der Waals surface area contributed by atoms with Crippen LogP contribution in [0.4, 0.5) is 13.2 Å². The Labute approximate surface area is 145 Å². The summed E-state index contributed by atoms with van der Waals surface area (Å²) in [7, 11) is 0. The van der Waals surface area contributed by atoms with Crippen molar-refractivity contribution in [3.05, 3.63) is 35.1 Å². The molecule has 0 saturated carbocycles. The molecular formula is C18H23F3N2O2. The van der Waals surface area contributed by atoms with Gasteiger partial charge in [-0.25, -0.2) is 13.2 Å². The highest BCUT2D eigenvalue weighted by atomic mass is 19.2. The summed E-state index contributed by atoms with van der Waals surface area (Å²) in [5.74, 6) is -5.14. The summed E-state index contributed by atoms with van der Waals surface area (Å²) >= 11 is 0. The number of benzene rings is 1. The highest BCUT2D eigenvalue weighted by molar-refractivity contribution is 5.94. The molecule has 1 aliphatic rings. The first-order valence-corrected chi connectivity index (χ1v) is 8.31. The summed E-state index contributed by atoms with van der Waals surface area (Å²) in [5.41, 5.74) is -0.624. The van der Waals surface area contributed by atoms with Gasteiger partial charge in [0.05, 0.1) is 5.56 Å². The van der Waals surface area contributed by atoms with Gasteiger partial charge < -0.3 is 9.80 Å². The van der Waals surface area contributed by atoms with Gasteiger partial charge in [0, 0.05) is 32.6 Å². The Balaban J connectivity index is 2.07. The summed E-state index contributed by atoms with van der Waals surface area (Å²) in [6, 6.07) is 1.69. The first-order valence-electron chi connectivity index (χ1n) is 8.31. The van der Waals surface area contributed by atoms with Crippen LogP contribution in [0.15, 0.2) is 12.1 Å². The monoisotopic (exact) mass is 356 g/mol. The van der Waals surface area contributed by atoms with Crippen molar-refractivity contribution in [3.8, 4) is 0 Å². The molecule has 2 amide bonds. The van der Waals surface area contributed by atoms with Crippen molar-refractivity contribution in [1.82, 2.24) is 9.80 Å². The molecule has 138 valence electrons. The zero-order valence-corrected chi connectivity index (χ0v) is 14.7. The maximum Gasteiger partial charge on any atom is 0.257 e. The predicted octanol–water partition coefficient (Wildman–Crippen LogP) is 3.21. The van der Waals surface area contributed by atoms with E-state index in [9.17, 15) is 22.8 Å². The normalized spacial score (nSPS) is 15.9. The minimum atomic E-state index is -1.65. The quantitative estimate of drug-likeness (QED) is 0.764. The van der Waals surface area contributed by atoms with E-state index < -0.39 is 28.9 Å². The second-order valence-corrected chi connectivity index (χ2v) is 7.49. The lowest BCUT2D eigenvalue weighted by Crippen LogP contribution is -2.38. The van der Waals surface area contributed by atoms with Crippen molar-refractivity contribution in [2.45, 2.75) is 33.6 Å². The highest BCUT2D eigenvalue weighted by Gasteiger charge is 2.27. The van der Waals surface area contributed by atoms with Crippen LogP contribution in [-0.2, 0) is 4.79 Å². The fourth-order valence-corrected chi connectivity index (χ4v) is 2.80. The number of halogens is 3. The third-order valence-electron chi connectivity index (χ3n) is 4.08. The van der Waals surface area contributed by atoms with Crippen molar-refractivity contribution < 1.29 is 22.8 Å². The van der Waals surface area contributed by atoms with Gasteiger partial charge in [-0.15, -0.1) is 0 Å².